The van der Waals surface area contributed by atoms with Crippen LogP contribution in [0.1, 0.15) is 18.5 Å². The predicted molar refractivity (Wildman–Crippen MR) is 58.8 cm³/mol. The highest BCUT2D eigenvalue weighted by atomic mass is 32.2. The van der Waals surface area contributed by atoms with Gasteiger partial charge in [-0.15, -0.1) is 0 Å². The topological polar surface area (TPSA) is 47.3 Å². The molecular formula is C10H16N2O2S. The summed E-state index contributed by atoms with van der Waals surface area (Å²) in [4.78, 5) is 4.31. The fourth-order valence-electron chi connectivity index (χ4n) is 1.63. The molecule has 4 nitrogen and oxygen atoms in total. The Morgan fingerprint density at radius 1 is 1.60 bits per heavy atom. The summed E-state index contributed by atoms with van der Waals surface area (Å²) in [5, 5.41) is 10.6. The zero-order chi connectivity index (χ0) is 10.7. The van der Waals surface area contributed by atoms with E-state index < -0.39 is 0 Å². The van der Waals surface area contributed by atoms with E-state index in [9.17, 15) is 0 Å². The van der Waals surface area contributed by atoms with Crippen molar-refractivity contribution in [3.63, 3.8) is 0 Å². The van der Waals surface area contributed by atoms with Crippen LogP contribution < -0.4 is 0 Å². The molecule has 0 saturated carbocycles. The third-order valence-corrected chi connectivity index (χ3v) is 4.04. The van der Waals surface area contributed by atoms with Crippen molar-refractivity contribution in [3.05, 3.63) is 11.9 Å². The normalized spacial score (nSPS) is 18.3. The molecule has 0 unspecified atom stereocenters. The van der Waals surface area contributed by atoms with Gasteiger partial charge in [-0.05, 0) is 12.8 Å². The van der Waals surface area contributed by atoms with Gasteiger partial charge in [0.1, 0.15) is 0 Å². The predicted octanol–water partition coefficient (Wildman–Crippen LogP) is 1.18. The molecule has 84 valence electrons. The standard InChI is InChI=1S/C10H16N2O2S/c1-12-8(7-13)6-11-10(12)15-9-2-4-14-5-3-9/h6,9,13H,2-5,7H2,1H3. The summed E-state index contributed by atoms with van der Waals surface area (Å²) in [5.41, 5.74) is 0.865. The number of aromatic nitrogens is 2. The van der Waals surface area contributed by atoms with Crippen LogP contribution in [0.3, 0.4) is 0 Å². The van der Waals surface area contributed by atoms with Crippen LogP contribution in [0, 0.1) is 0 Å². The van der Waals surface area contributed by atoms with Crippen molar-refractivity contribution in [1.82, 2.24) is 9.55 Å². The largest absolute Gasteiger partial charge is 0.390 e. The summed E-state index contributed by atoms with van der Waals surface area (Å²) in [7, 11) is 1.94. The highest BCUT2D eigenvalue weighted by Crippen LogP contribution is 2.28. The molecule has 0 aliphatic carbocycles. The summed E-state index contributed by atoms with van der Waals surface area (Å²) < 4.78 is 7.27. The van der Waals surface area contributed by atoms with Crippen molar-refractivity contribution in [2.24, 2.45) is 7.05 Å². The Hall–Kier alpha value is -0.520. The molecule has 1 aliphatic rings. The van der Waals surface area contributed by atoms with Gasteiger partial charge in [0.2, 0.25) is 0 Å². The van der Waals surface area contributed by atoms with Gasteiger partial charge in [0.25, 0.3) is 0 Å². The minimum Gasteiger partial charge on any atom is -0.390 e. The van der Waals surface area contributed by atoms with Crippen molar-refractivity contribution in [2.45, 2.75) is 29.9 Å². The highest BCUT2D eigenvalue weighted by Gasteiger charge is 2.17. The number of hydrogen-bond acceptors (Lipinski definition) is 4. The van der Waals surface area contributed by atoms with Crippen LogP contribution in [-0.2, 0) is 18.4 Å². The molecule has 0 radical (unpaired) electrons. The third-order valence-electron chi connectivity index (χ3n) is 2.64. The Morgan fingerprint density at radius 2 is 2.33 bits per heavy atom. The molecule has 2 rings (SSSR count). The van der Waals surface area contributed by atoms with E-state index in [-0.39, 0.29) is 6.61 Å². The maximum atomic E-state index is 9.05. The summed E-state index contributed by atoms with van der Waals surface area (Å²) in [6.45, 7) is 1.77. The molecule has 1 aliphatic heterocycles. The van der Waals surface area contributed by atoms with E-state index in [1.807, 2.05) is 11.6 Å². The molecule has 2 heterocycles. The minimum atomic E-state index is 0.0534. The molecular weight excluding hydrogens is 212 g/mol. The van der Waals surface area contributed by atoms with Gasteiger partial charge < -0.3 is 14.4 Å². The molecule has 1 fully saturated rings. The molecule has 1 saturated heterocycles. The van der Waals surface area contributed by atoms with Gasteiger partial charge in [0.15, 0.2) is 5.16 Å². The van der Waals surface area contributed by atoms with Crippen molar-refractivity contribution in [2.75, 3.05) is 13.2 Å². The van der Waals surface area contributed by atoms with E-state index in [1.165, 1.54) is 0 Å². The van der Waals surface area contributed by atoms with Crippen LogP contribution in [0.5, 0.6) is 0 Å². The Morgan fingerprint density at radius 3 is 2.93 bits per heavy atom. The van der Waals surface area contributed by atoms with E-state index in [0.717, 1.165) is 36.9 Å². The summed E-state index contributed by atoms with van der Waals surface area (Å²) in [6, 6.07) is 0. The lowest BCUT2D eigenvalue weighted by molar-refractivity contribution is 0.0999. The van der Waals surface area contributed by atoms with E-state index in [2.05, 4.69) is 4.98 Å². The number of aliphatic hydroxyl groups is 1. The van der Waals surface area contributed by atoms with Crippen LogP contribution in [0.25, 0.3) is 0 Å². The quantitative estimate of drug-likeness (QED) is 0.844. The second kappa shape index (κ2) is 5.01. The van der Waals surface area contributed by atoms with Crippen molar-refractivity contribution >= 4 is 11.8 Å². The maximum Gasteiger partial charge on any atom is 0.168 e. The second-order valence-corrected chi connectivity index (χ2v) is 4.95. The summed E-state index contributed by atoms with van der Waals surface area (Å²) >= 11 is 1.79. The van der Waals surface area contributed by atoms with E-state index in [4.69, 9.17) is 9.84 Å². The van der Waals surface area contributed by atoms with Gasteiger partial charge in [-0.1, -0.05) is 11.8 Å². The Balaban J connectivity index is 2.00. The zero-order valence-corrected chi connectivity index (χ0v) is 9.66. The lowest BCUT2D eigenvalue weighted by Gasteiger charge is -2.20. The Labute approximate surface area is 93.6 Å². The fourth-order valence-corrected chi connectivity index (χ4v) is 2.74. The summed E-state index contributed by atoms with van der Waals surface area (Å²) in [5.74, 6) is 0. The number of nitrogens with zero attached hydrogens (tertiary/aromatic N) is 2. The van der Waals surface area contributed by atoms with Crippen molar-refractivity contribution in [3.8, 4) is 0 Å². The molecule has 0 aromatic carbocycles. The molecule has 15 heavy (non-hydrogen) atoms. The Kier molecular flexibility index (Phi) is 3.66. The first-order chi connectivity index (χ1) is 7.31. The zero-order valence-electron chi connectivity index (χ0n) is 8.85. The lowest BCUT2D eigenvalue weighted by atomic mass is 10.2. The highest BCUT2D eigenvalue weighted by molar-refractivity contribution is 7.99. The summed E-state index contributed by atoms with van der Waals surface area (Å²) in [6.07, 6.45) is 3.92. The van der Waals surface area contributed by atoms with Gasteiger partial charge in [-0.3, -0.25) is 0 Å². The first-order valence-electron chi connectivity index (χ1n) is 5.17. The van der Waals surface area contributed by atoms with Gasteiger partial charge >= 0.3 is 0 Å². The lowest BCUT2D eigenvalue weighted by Crippen LogP contribution is -2.18. The Bertz CT molecular complexity index is 321. The average molecular weight is 228 g/mol. The van der Waals surface area contributed by atoms with Gasteiger partial charge in [-0.25, -0.2) is 4.98 Å². The van der Waals surface area contributed by atoms with Gasteiger partial charge in [0.05, 0.1) is 18.5 Å². The maximum absolute atomic E-state index is 9.05. The van der Waals surface area contributed by atoms with Crippen molar-refractivity contribution < 1.29 is 9.84 Å². The average Bonchev–Trinajstić information content (AvgIpc) is 2.62. The molecule has 5 heteroatoms. The monoisotopic (exact) mass is 228 g/mol. The number of aliphatic hydroxyl groups excluding tert-OH is 1. The van der Waals surface area contributed by atoms with Crippen LogP contribution >= 0.6 is 11.8 Å². The molecule has 0 spiro atoms. The smallest absolute Gasteiger partial charge is 0.168 e. The van der Waals surface area contributed by atoms with Crippen LogP contribution in [0.15, 0.2) is 11.4 Å². The van der Waals surface area contributed by atoms with Gasteiger partial charge in [0, 0.05) is 25.5 Å². The number of ether oxygens (including phenoxy) is 1. The molecule has 0 bridgehead atoms. The number of rotatable bonds is 3. The van der Waals surface area contributed by atoms with E-state index >= 15 is 0 Å². The second-order valence-electron chi connectivity index (χ2n) is 3.68. The number of imidazole rings is 1. The number of hydrogen-bond donors (Lipinski definition) is 1. The minimum absolute atomic E-state index is 0.0534. The van der Waals surface area contributed by atoms with Gasteiger partial charge in [-0.2, -0.15) is 0 Å². The van der Waals surface area contributed by atoms with E-state index in [1.54, 1.807) is 18.0 Å². The van der Waals surface area contributed by atoms with Crippen molar-refractivity contribution in [1.29, 1.82) is 0 Å². The molecule has 1 N–H and O–H groups in total. The number of thioether (sulfide) groups is 1. The third kappa shape index (κ3) is 2.53. The van der Waals surface area contributed by atoms with E-state index in [0.29, 0.717) is 5.25 Å². The van der Waals surface area contributed by atoms with Crippen LogP contribution in [0.2, 0.25) is 0 Å². The van der Waals surface area contributed by atoms with Crippen LogP contribution in [0.4, 0.5) is 0 Å². The molecule has 0 atom stereocenters. The molecule has 1 aromatic rings. The molecule has 0 amide bonds. The first kappa shape index (κ1) is 11.0. The molecule has 1 aromatic heterocycles. The fraction of sp³-hybridized carbons (Fsp3) is 0.700. The van der Waals surface area contributed by atoms with Crippen LogP contribution in [-0.4, -0.2) is 33.1 Å². The SMILES string of the molecule is Cn1c(CO)cnc1SC1CCOCC1. The first-order valence-corrected chi connectivity index (χ1v) is 6.05.